The Bertz CT molecular complexity index is 2620. The molecule has 2 aliphatic rings. The van der Waals surface area contributed by atoms with Gasteiger partial charge in [0.1, 0.15) is 11.5 Å². The van der Waals surface area contributed by atoms with Gasteiger partial charge in [-0.1, -0.05) is 134 Å². The van der Waals surface area contributed by atoms with Crippen LogP contribution in [0.4, 0.5) is 0 Å². The number of nitrogens with zero attached hydrogens (tertiary/aromatic N) is 3. The minimum atomic E-state index is -3.11. The maximum absolute atomic E-state index is 15.2. The van der Waals surface area contributed by atoms with Gasteiger partial charge in [0.15, 0.2) is 7.14 Å². The summed E-state index contributed by atoms with van der Waals surface area (Å²) >= 11 is 0. The Morgan fingerprint density at radius 1 is 0.824 bits per heavy atom. The van der Waals surface area contributed by atoms with Crippen LogP contribution in [0.3, 0.4) is 0 Å². The lowest BCUT2D eigenvalue weighted by atomic mass is 9.95. The highest BCUT2D eigenvalue weighted by Crippen LogP contribution is 2.53. The van der Waals surface area contributed by atoms with Crippen molar-refractivity contribution in [2.24, 2.45) is 0 Å². The molecule has 2 aliphatic carbocycles. The standard InChI is InChI=1S/C46H36N3OP/c1-3-4-7-16-33(2)45-47-42-30-27-37(32-41(42)46-48-43-23-14-15-24-44(43)49(45)46)35-18-13-12-17-34-25-28-40(29-26-36(34)31-35)51(50,38-19-8-5-9-20-38)39-21-10-6-11-22-39/h3-12,14-16,18-24,26-32H,2,13,25H2,1H3/b4-3-,16-7-,35-18+,36-31-. The first-order chi connectivity index (χ1) is 25.0. The van der Waals surface area contributed by atoms with E-state index in [9.17, 15) is 0 Å². The molecule has 4 nitrogen and oxygen atoms in total. The van der Waals surface area contributed by atoms with Gasteiger partial charge in [-0.15, -0.1) is 5.73 Å². The van der Waals surface area contributed by atoms with Crippen LogP contribution in [0.2, 0.25) is 0 Å². The van der Waals surface area contributed by atoms with E-state index < -0.39 is 7.14 Å². The molecule has 0 amide bonds. The van der Waals surface area contributed by atoms with Gasteiger partial charge in [0.25, 0.3) is 0 Å². The van der Waals surface area contributed by atoms with Gasteiger partial charge < -0.3 is 4.57 Å². The fourth-order valence-electron chi connectivity index (χ4n) is 6.85. The van der Waals surface area contributed by atoms with Crippen molar-refractivity contribution in [2.75, 3.05) is 0 Å². The van der Waals surface area contributed by atoms with Gasteiger partial charge in [-0.2, -0.15) is 0 Å². The molecule has 0 saturated carbocycles. The molecule has 4 aromatic carbocycles. The maximum Gasteiger partial charge on any atom is 0.170 e. The van der Waals surface area contributed by atoms with Crippen molar-refractivity contribution in [2.45, 2.75) is 19.8 Å². The molecule has 246 valence electrons. The highest BCUT2D eigenvalue weighted by Gasteiger charge is 2.31. The summed E-state index contributed by atoms with van der Waals surface area (Å²) in [5.74, 6) is 0.766. The second kappa shape index (κ2) is 13.7. The van der Waals surface area contributed by atoms with Gasteiger partial charge in [-0.25, -0.2) is 9.97 Å². The van der Waals surface area contributed by atoms with Gasteiger partial charge >= 0.3 is 0 Å². The van der Waals surface area contributed by atoms with Crippen molar-refractivity contribution in [3.8, 4) is 0 Å². The molecular weight excluding hydrogens is 642 g/mol. The average molecular weight is 678 g/mol. The summed E-state index contributed by atoms with van der Waals surface area (Å²) in [6.07, 6.45) is 22.1. The highest BCUT2D eigenvalue weighted by atomic mass is 31.2. The Hall–Kier alpha value is -6.05. The minimum absolute atomic E-state index is 0.625. The summed E-state index contributed by atoms with van der Waals surface area (Å²) in [5, 5.41) is 3.45. The molecule has 0 radical (unpaired) electrons. The van der Waals surface area contributed by atoms with Crippen LogP contribution in [-0.4, -0.2) is 14.4 Å². The number of imidazole rings is 1. The summed E-state index contributed by atoms with van der Waals surface area (Å²) in [5.41, 5.74) is 12.2. The van der Waals surface area contributed by atoms with Crippen LogP contribution >= 0.6 is 7.14 Å². The first-order valence-electron chi connectivity index (χ1n) is 17.2. The lowest BCUT2D eigenvalue weighted by molar-refractivity contribution is 0.591. The van der Waals surface area contributed by atoms with E-state index in [4.69, 9.17) is 9.97 Å². The average Bonchev–Trinajstić information content (AvgIpc) is 3.45. The molecule has 8 rings (SSSR count). The molecular formula is C46H36N3OP. The van der Waals surface area contributed by atoms with Crippen LogP contribution in [0.5, 0.6) is 0 Å². The third-order valence-electron chi connectivity index (χ3n) is 9.40. The molecule has 0 spiro atoms. The Morgan fingerprint density at radius 2 is 1.57 bits per heavy atom. The summed E-state index contributed by atoms with van der Waals surface area (Å²) in [6.45, 7) is 6.35. The smallest absolute Gasteiger partial charge is 0.170 e. The first-order valence-corrected chi connectivity index (χ1v) is 18.9. The number of rotatable bonds is 7. The van der Waals surface area contributed by atoms with E-state index in [1.165, 1.54) is 0 Å². The van der Waals surface area contributed by atoms with E-state index in [0.29, 0.717) is 6.42 Å². The van der Waals surface area contributed by atoms with E-state index in [2.05, 4.69) is 71.4 Å². The molecule has 0 aliphatic heterocycles. The molecule has 2 aromatic heterocycles. The van der Waals surface area contributed by atoms with Crippen molar-refractivity contribution < 1.29 is 4.57 Å². The Labute approximate surface area is 298 Å². The van der Waals surface area contributed by atoms with Crippen LogP contribution in [0.25, 0.3) is 38.7 Å². The van der Waals surface area contributed by atoms with E-state index in [1.54, 1.807) is 0 Å². The quantitative estimate of drug-likeness (QED) is 0.0960. The lowest BCUT2D eigenvalue weighted by Crippen LogP contribution is -2.16. The topological polar surface area (TPSA) is 47.3 Å². The number of aromatic nitrogens is 3. The predicted octanol–water partition coefficient (Wildman–Crippen LogP) is 10.8. The van der Waals surface area contributed by atoms with Crippen LogP contribution in [0.15, 0.2) is 193 Å². The number of hydrogen-bond acceptors (Lipinski definition) is 3. The SMILES string of the molecule is C=C(/C=C\C=C/C)c1nc2ccc(C3=C/CC=C=C4CC=C(P(=O)(c5ccccc5)c5ccccc5)C=C\C4=C\3)cc2c2nc3ccccc3n12. The number of para-hydroxylation sites is 2. The van der Waals surface area contributed by atoms with Crippen LogP contribution in [0.1, 0.15) is 31.2 Å². The Kier molecular flexibility index (Phi) is 8.64. The largest absolute Gasteiger partial charge is 0.309 e. The second-order valence-corrected chi connectivity index (χ2v) is 15.4. The van der Waals surface area contributed by atoms with E-state index >= 15 is 4.57 Å². The highest BCUT2D eigenvalue weighted by molar-refractivity contribution is 7.82. The third-order valence-corrected chi connectivity index (χ3v) is 12.5. The van der Waals surface area contributed by atoms with Crippen molar-refractivity contribution in [1.82, 2.24) is 14.4 Å². The predicted molar refractivity (Wildman–Crippen MR) is 215 cm³/mol. The number of hydrogen-bond donors (Lipinski definition) is 0. The fraction of sp³-hybridized carbons (Fsp3) is 0.0652. The summed E-state index contributed by atoms with van der Waals surface area (Å²) in [6, 6.07) is 34.3. The molecule has 0 unspecified atom stereocenters. The van der Waals surface area contributed by atoms with E-state index in [1.807, 2.05) is 116 Å². The zero-order chi connectivity index (χ0) is 34.8. The molecule has 51 heavy (non-hydrogen) atoms. The summed E-state index contributed by atoms with van der Waals surface area (Å²) < 4.78 is 17.3. The minimum Gasteiger partial charge on any atom is -0.309 e. The molecule has 5 heteroatoms. The summed E-state index contributed by atoms with van der Waals surface area (Å²) in [7, 11) is -3.11. The first kappa shape index (κ1) is 32.2. The van der Waals surface area contributed by atoms with E-state index in [-0.39, 0.29) is 0 Å². The van der Waals surface area contributed by atoms with Gasteiger partial charge in [-0.3, -0.25) is 4.40 Å². The molecule has 0 bridgehead atoms. The fourth-order valence-corrected chi connectivity index (χ4v) is 9.56. The Morgan fingerprint density at radius 3 is 2.33 bits per heavy atom. The van der Waals surface area contributed by atoms with Crippen molar-refractivity contribution in [3.63, 3.8) is 0 Å². The monoisotopic (exact) mass is 677 g/mol. The third kappa shape index (κ3) is 5.96. The zero-order valence-corrected chi connectivity index (χ0v) is 29.3. The zero-order valence-electron chi connectivity index (χ0n) is 28.4. The molecule has 0 N–H and O–H groups in total. The summed E-state index contributed by atoms with van der Waals surface area (Å²) in [4.78, 5) is 10.2. The van der Waals surface area contributed by atoms with Gasteiger partial charge in [0, 0.05) is 32.5 Å². The number of benzene rings is 4. The maximum atomic E-state index is 15.2. The van der Waals surface area contributed by atoms with Crippen LogP contribution in [0, 0.1) is 0 Å². The normalized spacial score (nSPS) is 17.0. The van der Waals surface area contributed by atoms with Crippen LogP contribution < -0.4 is 10.6 Å². The molecule has 0 atom stereocenters. The molecule has 2 heterocycles. The molecule has 0 saturated heterocycles. The van der Waals surface area contributed by atoms with Gasteiger partial charge in [0.05, 0.1) is 16.6 Å². The number of fused-ring (bicyclic) bond motifs is 6. The Balaban J connectivity index is 1.23. The lowest BCUT2D eigenvalue weighted by Gasteiger charge is -2.20. The van der Waals surface area contributed by atoms with Crippen molar-refractivity contribution in [3.05, 3.63) is 204 Å². The molecule has 0 fully saturated rings. The number of allylic oxidation sites excluding steroid dienone is 14. The second-order valence-electron chi connectivity index (χ2n) is 12.6. The van der Waals surface area contributed by atoms with Gasteiger partial charge in [0.2, 0.25) is 0 Å². The molecule has 6 aromatic rings. The van der Waals surface area contributed by atoms with Crippen LogP contribution in [-0.2, 0) is 4.57 Å². The van der Waals surface area contributed by atoms with Gasteiger partial charge in [-0.05, 0) is 72.9 Å². The van der Waals surface area contributed by atoms with Crippen molar-refractivity contribution in [1.29, 1.82) is 0 Å². The van der Waals surface area contributed by atoms with Crippen molar-refractivity contribution >= 4 is 56.5 Å². The van der Waals surface area contributed by atoms with E-state index in [0.717, 1.165) is 83.6 Å².